The van der Waals surface area contributed by atoms with E-state index in [0.29, 0.717) is 12.8 Å². The van der Waals surface area contributed by atoms with Crippen LogP contribution in [-0.4, -0.2) is 46.1 Å². The van der Waals surface area contributed by atoms with Crippen molar-refractivity contribution in [3.63, 3.8) is 0 Å². The van der Waals surface area contributed by atoms with Gasteiger partial charge in [-0.3, -0.25) is 4.79 Å². The Labute approximate surface area is 262 Å². The second kappa shape index (κ2) is 33.2. The Bertz CT molecular complexity index is 544. The lowest BCUT2D eigenvalue weighted by Gasteiger charge is -2.23. The summed E-state index contributed by atoms with van der Waals surface area (Å²) in [7, 11) is 0. The van der Waals surface area contributed by atoms with Crippen molar-refractivity contribution in [1.29, 1.82) is 0 Å². The minimum atomic E-state index is -0.741. The molecular formula is C37H75NO4. The number of hydrogen-bond acceptors (Lipinski definition) is 4. The van der Waals surface area contributed by atoms with E-state index < -0.39 is 18.2 Å². The molecule has 0 aliphatic carbocycles. The lowest BCUT2D eigenvalue weighted by molar-refractivity contribution is -0.125. The molecule has 252 valence electrons. The van der Waals surface area contributed by atoms with E-state index >= 15 is 0 Å². The summed E-state index contributed by atoms with van der Waals surface area (Å²) in [5.74, 6) is -0.285. The monoisotopic (exact) mass is 598 g/mol. The van der Waals surface area contributed by atoms with Crippen LogP contribution >= 0.6 is 0 Å². The van der Waals surface area contributed by atoms with Gasteiger partial charge >= 0.3 is 0 Å². The van der Waals surface area contributed by atoms with Crippen molar-refractivity contribution in [1.82, 2.24) is 5.32 Å². The highest BCUT2D eigenvalue weighted by molar-refractivity contribution is 5.76. The molecule has 42 heavy (non-hydrogen) atoms. The van der Waals surface area contributed by atoms with Gasteiger partial charge in [0.25, 0.3) is 0 Å². The summed E-state index contributed by atoms with van der Waals surface area (Å²) >= 11 is 0. The van der Waals surface area contributed by atoms with Crippen LogP contribution in [0.2, 0.25) is 0 Å². The van der Waals surface area contributed by atoms with E-state index in [9.17, 15) is 20.1 Å². The standard InChI is InChI=1S/C37H75NO4/c1-3-5-7-9-11-12-13-14-15-16-17-18-19-20-21-22-23-25-27-29-31-36(41)35(33-39)38-37(42)32-34(40)30-28-26-24-10-8-6-4-2/h34-36,39-41H,3-33H2,1-2H3,(H,38,42). The second-order valence-corrected chi connectivity index (χ2v) is 13.2. The number of nitrogens with one attached hydrogen (secondary N) is 1. The van der Waals surface area contributed by atoms with E-state index in [1.54, 1.807) is 0 Å². The van der Waals surface area contributed by atoms with Crippen LogP contribution in [0.15, 0.2) is 0 Å². The number of aliphatic hydroxyl groups is 3. The molecule has 0 fully saturated rings. The van der Waals surface area contributed by atoms with Crippen molar-refractivity contribution in [2.24, 2.45) is 0 Å². The molecule has 0 radical (unpaired) electrons. The maximum absolute atomic E-state index is 12.3. The largest absolute Gasteiger partial charge is 0.394 e. The first-order chi connectivity index (χ1) is 20.5. The molecule has 0 heterocycles. The van der Waals surface area contributed by atoms with Crippen molar-refractivity contribution in [3.05, 3.63) is 0 Å². The van der Waals surface area contributed by atoms with Gasteiger partial charge in [0.05, 0.1) is 31.3 Å². The number of rotatable bonds is 34. The highest BCUT2D eigenvalue weighted by atomic mass is 16.3. The first-order valence-electron chi connectivity index (χ1n) is 18.8. The number of carbonyl (C=O) groups is 1. The summed E-state index contributed by atoms with van der Waals surface area (Å²) in [6, 6.07) is -0.649. The SMILES string of the molecule is CCCCCCCCCCCCCCCCCCCCCCC(O)C(CO)NC(=O)CC(O)CCCCCCCCC. The van der Waals surface area contributed by atoms with E-state index in [-0.39, 0.29) is 18.9 Å². The van der Waals surface area contributed by atoms with Crippen LogP contribution in [0.3, 0.4) is 0 Å². The van der Waals surface area contributed by atoms with Crippen molar-refractivity contribution >= 4 is 5.91 Å². The third-order valence-corrected chi connectivity index (χ3v) is 8.92. The number of carbonyl (C=O) groups excluding carboxylic acids is 1. The average molecular weight is 598 g/mol. The van der Waals surface area contributed by atoms with Crippen LogP contribution in [0, 0.1) is 0 Å². The van der Waals surface area contributed by atoms with Gasteiger partial charge in [-0.05, 0) is 12.8 Å². The molecule has 0 aromatic carbocycles. The van der Waals surface area contributed by atoms with Crippen molar-refractivity contribution in [2.75, 3.05) is 6.61 Å². The van der Waals surface area contributed by atoms with Gasteiger partial charge in [-0.1, -0.05) is 187 Å². The Kier molecular flexibility index (Phi) is 32.7. The molecule has 0 bridgehead atoms. The van der Waals surface area contributed by atoms with Crippen molar-refractivity contribution in [3.8, 4) is 0 Å². The zero-order valence-electron chi connectivity index (χ0n) is 28.4. The number of hydrogen-bond donors (Lipinski definition) is 4. The molecule has 0 saturated heterocycles. The van der Waals surface area contributed by atoms with Gasteiger partial charge < -0.3 is 20.6 Å². The highest BCUT2D eigenvalue weighted by Crippen LogP contribution is 2.16. The molecule has 0 aromatic rings. The fourth-order valence-electron chi connectivity index (χ4n) is 5.99. The van der Waals surface area contributed by atoms with E-state index in [1.807, 2.05) is 0 Å². The van der Waals surface area contributed by atoms with E-state index in [0.717, 1.165) is 25.7 Å². The smallest absolute Gasteiger partial charge is 0.222 e. The third-order valence-electron chi connectivity index (χ3n) is 8.92. The maximum Gasteiger partial charge on any atom is 0.222 e. The number of amides is 1. The van der Waals surface area contributed by atoms with E-state index in [4.69, 9.17) is 0 Å². The summed E-state index contributed by atoms with van der Waals surface area (Å²) in [6.45, 7) is 4.22. The van der Waals surface area contributed by atoms with Gasteiger partial charge in [-0.25, -0.2) is 0 Å². The van der Waals surface area contributed by atoms with Gasteiger partial charge in [0.2, 0.25) is 5.91 Å². The lowest BCUT2D eigenvalue weighted by atomic mass is 10.0. The molecule has 0 rings (SSSR count). The van der Waals surface area contributed by atoms with Gasteiger partial charge in [-0.15, -0.1) is 0 Å². The fourth-order valence-corrected chi connectivity index (χ4v) is 5.99. The van der Waals surface area contributed by atoms with Crippen LogP contribution in [0.4, 0.5) is 0 Å². The fraction of sp³-hybridized carbons (Fsp3) is 0.973. The Hall–Kier alpha value is -0.650. The minimum absolute atomic E-state index is 0.0400. The van der Waals surface area contributed by atoms with Crippen molar-refractivity contribution < 1.29 is 20.1 Å². The summed E-state index contributed by atoms with van der Waals surface area (Å²) in [6.07, 6.45) is 35.0. The van der Waals surface area contributed by atoms with Crippen LogP contribution in [0.1, 0.15) is 206 Å². The summed E-state index contributed by atoms with van der Waals surface area (Å²) in [4.78, 5) is 12.3. The first kappa shape index (κ1) is 41.4. The molecule has 0 aliphatic rings. The Morgan fingerprint density at radius 1 is 0.500 bits per heavy atom. The predicted molar refractivity (Wildman–Crippen MR) is 181 cm³/mol. The van der Waals surface area contributed by atoms with Crippen LogP contribution < -0.4 is 5.32 Å². The number of aliphatic hydroxyl groups excluding tert-OH is 3. The molecule has 3 atom stereocenters. The molecule has 0 aromatic heterocycles. The summed E-state index contributed by atoms with van der Waals surface area (Å²) < 4.78 is 0. The van der Waals surface area contributed by atoms with Gasteiger partial charge in [0, 0.05) is 0 Å². The zero-order chi connectivity index (χ0) is 30.9. The zero-order valence-corrected chi connectivity index (χ0v) is 28.4. The summed E-state index contributed by atoms with van der Waals surface area (Å²) in [5.41, 5.74) is 0. The molecule has 1 amide bonds. The molecule has 0 saturated carbocycles. The van der Waals surface area contributed by atoms with Gasteiger partial charge in [-0.2, -0.15) is 0 Å². The minimum Gasteiger partial charge on any atom is -0.394 e. The van der Waals surface area contributed by atoms with Crippen molar-refractivity contribution in [2.45, 2.75) is 225 Å². The first-order valence-corrected chi connectivity index (χ1v) is 18.8. The third kappa shape index (κ3) is 29.4. The van der Waals surface area contributed by atoms with Gasteiger partial charge in [0.1, 0.15) is 0 Å². The van der Waals surface area contributed by atoms with E-state index in [1.165, 1.54) is 148 Å². The molecular weight excluding hydrogens is 522 g/mol. The normalized spacial score (nSPS) is 13.7. The second-order valence-electron chi connectivity index (χ2n) is 13.2. The predicted octanol–water partition coefficient (Wildman–Crippen LogP) is 9.93. The molecule has 5 heteroatoms. The Morgan fingerprint density at radius 2 is 0.810 bits per heavy atom. The molecule has 5 nitrogen and oxygen atoms in total. The van der Waals surface area contributed by atoms with Crippen LogP contribution in [-0.2, 0) is 4.79 Å². The molecule has 4 N–H and O–H groups in total. The summed E-state index contributed by atoms with van der Waals surface area (Å²) in [5, 5.41) is 33.1. The average Bonchev–Trinajstić information content (AvgIpc) is 2.98. The quantitative estimate of drug-likeness (QED) is 0.0556. The van der Waals surface area contributed by atoms with Crippen LogP contribution in [0.5, 0.6) is 0 Å². The lowest BCUT2D eigenvalue weighted by Crippen LogP contribution is -2.46. The maximum atomic E-state index is 12.3. The topological polar surface area (TPSA) is 89.8 Å². The van der Waals surface area contributed by atoms with Crippen LogP contribution in [0.25, 0.3) is 0 Å². The molecule has 0 aliphatic heterocycles. The molecule has 0 spiro atoms. The Morgan fingerprint density at radius 3 is 1.14 bits per heavy atom. The highest BCUT2D eigenvalue weighted by Gasteiger charge is 2.21. The van der Waals surface area contributed by atoms with E-state index in [2.05, 4.69) is 19.2 Å². The molecule has 3 unspecified atom stereocenters. The Balaban J connectivity index is 3.56. The number of unbranched alkanes of at least 4 members (excludes halogenated alkanes) is 25. The van der Waals surface area contributed by atoms with Gasteiger partial charge in [0.15, 0.2) is 0 Å².